The number of rotatable bonds is 1. The van der Waals surface area contributed by atoms with Gasteiger partial charge in [0.05, 0.1) is 0 Å². The minimum absolute atomic E-state index is 0. The Bertz CT molecular complexity index is 568. The van der Waals surface area contributed by atoms with Crippen LogP contribution in [0.5, 0.6) is 0 Å². The first-order valence-electron chi connectivity index (χ1n) is 5.86. The van der Waals surface area contributed by atoms with Crippen molar-refractivity contribution in [1.82, 2.24) is 0 Å². The maximum Gasteiger partial charge on any atom is 0.0218 e. The molecule has 0 amide bonds. The molecular weight excluding hydrogens is 310 g/mol. The summed E-state index contributed by atoms with van der Waals surface area (Å²) in [5, 5.41) is 0. The van der Waals surface area contributed by atoms with Crippen molar-refractivity contribution in [1.29, 1.82) is 0 Å². The minimum atomic E-state index is 0. The van der Waals surface area contributed by atoms with Crippen LogP contribution in [0, 0.1) is 0 Å². The van der Waals surface area contributed by atoms with Crippen LogP contribution in [0.25, 0.3) is 0 Å². The summed E-state index contributed by atoms with van der Waals surface area (Å²) in [6.07, 6.45) is 1.02. The Morgan fingerprint density at radius 2 is 1.78 bits per heavy atom. The van der Waals surface area contributed by atoms with Gasteiger partial charge < -0.3 is 5.73 Å². The standard InChI is InChI=1S/C15H14BrN.ClH/c16-12-5-6-14-11(8-12)7-10-3-1-2-4-13(10)15(14)9-17;/h1-6,8,15H,7,9,17H2;1H. The Morgan fingerprint density at radius 1 is 1.06 bits per heavy atom. The molecule has 2 aromatic carbocycles. The maximum atomic E-state index is 5.96. The van der Waals surface area contributed by atoms with Gasteiger partial charge in [-0.2, -0.15) is 0 Å². The van der Waals surface area contributed by atoms with Crippen LogP contribution in [-0.4, -0.2) is 6.54 Å². The van der Waals surface area contributed by atoms with Crippen LogP contribution in [-0.2, 0) is 6.42 Å². The molecule has 0 aliphatic heterocycles. The van der Waals surface area contributed by atoms with Gasteiger partial charge in [0.25, 0.3) is 0 Å². The Kier molecular flexibility index (Phi) is 4.10. The molecule has 3 heteroatoms. The van der Waals surface area contributed by atoms with E-state index in [2.05, 4.69) is 58.4 Å². The van der Waals surface area contributed by atoms with Crippen LogP contribution >= 0.6 is 28.3 Å². The molecule has 0 radical (unpaired) electrons. The summed E-state index contributed by atoms with van der Waals surface area (Å²) in [5.74, 6) is 0.350. The second-order valence-electron chi connectivity index (χ2n) is 4.51. The average Bonchev–Trinajstić information content (AvgIpc) is 2.35. The number of benzene rings is 2. The highest BCUT2D eigenvalue weighted by Crippen LogP contribution is 2.36. The molecule has 1 atom stereocenters. The minimum Gasteiger partial charge on any atom is -0.330 e. The fourth-order valence-electron chi connectivity index (χ4n) is 2.73. The quantitative estimate of drug-likeness (QED) is 0.847. The van der Waals surface area contributed by atoms with Crippen molar-refractivity contribution in [2.75, 3.05) is 6.54 Å². The molecule has 2 N–H and O–H groups in total. The molecule has 1 nitrogen and oxygen atoms in total. The monoisotopic (exact) mass is 323 g/mol. The van der Waals surface area contributed by atoms with E-state index < -0.39 is 0 Å². The van der Waals surface area contributed by atoms with Gasteiger partial charge in [-0.15, -0.1) is 12.4 Å². The fraction of sp³-hybridized carbons (Fsp3) is 0.200. The molecule has 0 aromatic heterocycles. The second-order valence-corrected chi connectivity index (χ2v) is 5.42. The van der Waals surface area contributed by atoms with Crippen molar-refractivity contribution in [3.63, 3.8) is 0 Å². The van der Waals surface area contributed by atoms with Gasteiger partial charge in [0, 0.05) is 16.9 Å². The third-order valence-electron chi connectivity index (χ3n) is 3.53. The lowest BCUT2D eigenvalue weighted by Crippen LogP contribution is -2.20. The zero-order chi connectivity index (χ0) is 11.8. The molecule has 1 aliphatic carbocycles. The number of fused-ring (bicyclic) bond motifs is 2. The van der Waals surface area contributed by atoms with Crippen molar-refractivity contribution < 1.29 is 0 Å². The molecule has 0 spiro atoms. The summed E-state index contributed by atoms with van der Waals surface area (Å²) in [6.45, 7) is 0.672. The molecule has 1 aliphatic rings. The predicted molar refractivity (Wildman–Crippen MR) is 81.5 cm³/mol. The van der Waals surface area contributed by atoms with Gasteiger partial charge in [-0.1, -0.05) is 46.3 Å². The molecule has 18 heavy (non-hydrogen) atoms. The first-order valence-corrected chi connectivity index (χ1v) is 6.65. The van der Waals surface area contributed by atoms with E-state index in [0.717, 1.165) is 10.9 Å². The summed E-state index contributed by atoms with van der Waals surface area (Å²) in [6, 6.07) is 15.1. The average molecular weight is 325 g/mol. The van der Waals surface area contributed by atoms with E-state index in [4.69, 9.17) is 5.73 Å². The summed E-state index contributed by atoms with van der Waals surface area (Å²) in [4.78, 5) is 0. The van der Waals surface area contributed by atoms with Crippen LogP contribution in [0.3, 0.4) is 0 Å². The third-order valence-corrected chi connectivity index (χ3v) is 4.02. The lowest BCUT2D eigenvalue weighted by atomic mass is 9.78. The predicted octanol–water partition coefficient (Wildman–Crippen LogP) is 3.87. The normalized spacial score (nSPS) is 16.4. The summed E-state index contributed by atoms with van der Waals surface area (Å²) < 4.78 is 1.14. The van der Waals surface area contributed by atoms with Crippen LogP contribution < -0.4 is 5.73 Å². The molecule has 3 rings (SSSR count). The molecule has 2 aromatic rings. The van der Waals surface area contributed by atoms with Crippen molar-refractivity contribution in [2.24, 2.45) is 5.73 Å². The first-order chi connectivity index (χ1) is 8.29. The van der Waals surface area contributed by atoms with Gasteiger partial charge in [-0.25, -0.2) is 0 Å². The van der Waals surface area contributed by atoms with E-state index in [-0.39, 0.29) is 12.4 Å². The molecule has 0 saturated heterocycles. The lowest BCUT2D eigenvalue weighted by Gasteiger charge is -2.27. The van der Waals surface area contributed by atoms with Gasteiger partial charge in [-0.05, 0) is 40.8 Å². The van der Waals surface area contributed by atoms with Crippen LogP contribution in [0.1, 0.15) is 28.2 Å². The third kappa shape index (κ3) is 2.20. The highest BCUT2D eigenvalue weighted by molar-refractivity contribution is 9.10. The van der Waals surface area contributed by atoms with Gasteiger partial charge in [0.2, 0.25) is 0 Å². The Morgan fingerprint density at radius 3 is 2.56 bits per heavy atom. The lowest BCUT2D eigenvalue weighted by molar-refractivity contribution is 0.772. The van der Waals surface area contributed by atoms with Gasteiger partial charge in [0.15, 0.2) is 0 Å². The molecule has 94 valence electrons. The Balaban J connectivity index is 0.00000120. The van der Waals surface area contributed by atoms with Gasteiger partial charge in [-0.3, -0.25) is 0 Å². The van der Waals surface area contributed by atoms with Crippen molar-refractivity contribution in [2.45, 2.75) is 12.3 Å². The number of hydrogen-bond donors (Lipinski definition) is 1. The molecule has 0 heterocycles. The molecule has 1 unspecified atom stereocenters. The van der Waals surface area contributed by atoms with E-state index in [9.17, 15) is 0 Å². The molecule has 0 bridgehead atoms. The largest absolute Gasteiger partial charge is 0.330 e. The van der Waals surface area contributed by atoms with Crippen molar-refractivity contribution in [3.05, 3.63) is 69.2 Å². The van der Waals surface area contributed by atoms with E-state index in [1.807, 2.05) is 0 Å². The topological polar surface area (TPSA) is 26.0 Å². The summed E-state index contributed by atoms with van der Waals surface area (Å²) in [5.41, 5.74) is 11.5. The van der Waals surface area contributed by atoms with Crippen LogP contribution in [0.4, 0.5) is 0 Å². The molecular formula is C15H15BrClN. The molecule has 0 fully saturated rings. The highest BCUT2D eigenvalue weighted by Gasteiger charge is 2.23. The zero-order valence-electron chi connectivity index (χ0n) is 9.90. The van der Waals surface area contributed by atoms with E-state index in [0.29, 0.717) is 12.5 Å². The van der Waals surface area contributed by atoms with Crippen LogP contribution in [0.15, 0.2) is 46.9 Å². The van der Waals surface area contributed by atoms with E-state index >= 15 is 0 Å². The van der Waals surface area contributed by atoms with Crippen LogP contribution in [0.2, 0.25) is 0 Å². The number of halogens is 2. The number of hydrogen-bond acceptors (Lipinski definition) is 1. The zero-order valence-corrected chi connectivity index (χ0v) is 12.3. The smallest absolute Gasteiger partial charge is 0.0218 e. The molecule has 0 saturated carbocycles. The van der Waals surface area contributed by atoms with Crippen molar-refractivity contribution in [3.8, 4) is 0 Å². The second kappa shape index (κ2) is 5.43. The Hall–Kier alpha value is -0.830. The maximum absolute atomic E-state index is 5.96. The van der Waals surface area contributed by atoms with Gasteiger partial charge in [0.1, 0.15) is 0 Å². The van der Waals surface area contributed by atoms with Crippen molar-refractivity contribution >= 4 is 28.3 Å². The van der Waals surface area contributed by atoms with E-state index in [1.54, 1.807) is 0 Å². The SMILES string of the molecule is Cl.NCC1c2ccccc2Cc2cc(Br)ccc21. The summed E-state index contributed by atoms with van der Waals surface area (Å²) >= 11 is 3.54. The number of nitrogens with two attached hydrogens (primary N) is 1. The highest BCUT2D eigenvalue weighted by atomic mass is 79.9. The van der Waals surface area contributed by atoms with Gasteiger partial charge >= 0.3 is 0 Å². The fourth-order valence-corrected chi connectivity index (χ4v) is 3.14. The summed E-state index contributed by atoms with van der Waals surface area (Å²) in [7, 11) is 0. The van der Waals surface area contributed by atoms with E-state index in [1.165, 1.54) is 22.3 Å². The first kappa shape index (κ1) is 13.6. The Labute approximate surface area is 122 Å².